The first-order valence-corrected chi connectivity index (χ1v) is 9.60. The number of hydrogen-bond acceptors (Lipinski definition) is 6. The molecule has 0 atom stereocenters. The molecule has 0 aliphatic rings. The van der Waals surface area contributed by atoms with Crippen LogP contribution in [0.15, 0.2) is 63.1 Å². The number of nitrogens with zero attached hydrogens (tertiary/aromatic N) is 3. The van der Waals surface area contributed by atoms with Crippen LogP contribution >= 0.6 is 11.8 Å². The normalized spacial score (nSPS) is 11.1. The molecule has 4 rings (SSSR count). The molecule has 1 aromatic carbocycles. The fraction of sp³-hybridized carbons (Fsp3) is 0.211. The molecule has 3 aromatic heterocycles. The quantitative estimate of drug-likeness (QED) is 0.389. The van der Waals surface area contributed by atoms with Crippen molar-refractivity contribution in [3.8, 4) is 17.3 Å². The summed E-state index contributed by atoms with van der Waals surface area (Å²) in [7, 11) is 0. The number of furan rings is 1. The maximum Gasteiger partial charge on any atom is 0.266 e. The van der Waals surface area contributed by atoms with E-state index < -0.39 is 0 Å². The van der Waals surface area contributed by atoms with Crippen molar-refractivity contribution < 1.29 is 9.15 Å². The first kappa shape index (κ1) is 17.4. The Morgan fingerprint density at radius 1 is 1.22 bits per heavy atom. The van der Waals surface area contributed by atoms with Crippen LogP contribution in [0, 0.1) is 0 Å². The standard InChI is InChI=1S/C19H18N4O3S/c1-2-13-6-3-4-7-14(13)26-10-11-27-19-21-18(15-8-5-9-25-15)20-16-12-17(24)22-23(16)19/h3-9,12H,2,10-11H2,1H3,(H,22,24). The zero-order chi connectivity index (χ0) is 18.6. The van der Waals surface area contributed by atoms with Gasteiger partial charge in [-0.25, -0.2) is 9.50 Å². The van der Waals surface area contributed by atoms with E-state index in [0.717, 1.165) is 12.2 Å². The van der Waals surface area contributed by atoms with Gasteiger partial charge in [-0.15, -0.1) is 0 Å². The third-order valence-corrected chi connectivity index (χ3v) is 4.89. The SMILES string of the molecule is CCc1ccccc1OCCSc1nc(-c2ccco2)nc2cc(=O)[nH]n12. The molecule has 0 fully saturated rings. The summed E-state index contributed by atoms with van der Waals surface area (Å²) in [5.74, 6) is 2.57. The molecule has 0 aliphatic heterocycles. The van der Waals surface area contributed by atoms with Crippen LogP contribution in [-0.2, 0) is 6.42 Å². The van der Waals surface area contributed by atoms with Gasteiger partial charge in [-0.3, -0.25) is 9.89 Å². The summed E-state index contributed by atoms with van der Waals surface area (Å²) in [6.07, 6.45) is 2.49. The second kappa shape index (κ2) is 7.71. The Labute approximate surface area is 159 Å². The zero-order valence-corrected chi connectivity index (χ0v) is 15.5. The van der Waals surface area contributed by atoms with Gasteiger partial charge in [0.25, 0.3) is 5.56 Å². The van der Waals surface area contributed by atoms with Crippen molar-refractivity contribution in [1.29, 1.82) is 0 Å². The van der Waals surface area contributed by atoms with E-state index in [1.54, 1.807) is 22.9 Å². The molecule has 3 heterocycles. The number of ether oxygens (including phenoxy) is 1. The maximum absolute atomic E-state index is 11.7. The lowest BCUT2D eigenvalue weighted by Crippen LogP contribution is -2.07. The number of nitrogens with one attached hydrogen (secondary N) is 1. The molecule has 0 unspecified atom stereocenters. The van der Waals surface area contributed by atoms with Crippen LogP contribution in [0.25, 0.3) is 17.2 Å². The predicted octanol–water partition coefficient (Wildman–Crippen LogP) is 3.41. The van der Waals surface area contributed by atoms with Gasteiger partial charge in [0.1, 0.15) is 5.75 Å². The van der Waals surface area contributed by atoms with Gasteiger partial charge >= 0.3 is 0 Å². The molecule has 0 aliphatic carbocycles. The molecule has 1 N–H and O–H groups in total. The Kier molecular flexibility index (Phi) is 4.97. The fourth-order valence-corrected chi connectivity index (χ4v) is 3.49. The first-order valence-electron chi connectivity index (χ1n) is 8.62. The van der Waals surface area contributed by atoms with E-state index in [2.05, 4.69) is 28.1 Å². The summed E-state index contributed by atoms with van der Waals surface area (Å²) >= 11 is 1.48. The Bertz CT molecular complexity index is 1100. The number of fused-ring (bicyclic) bond motifs is 1. The molecule has 4 aromatic rings. The average molecular weight is 382 g/mol. The van der Waals surface area contributed by atoms with Gasteiger partial charge < -0.3 is 9.15 Å². The van der Waals surface area contributed by atoms with Gasteiger partial charge in [0.15, 0.2) is 22.4 Å². The molecular weight excluding hydrogens is 364 g/mol. The van der Waals surface area contributed by atoms with E-state index in [1.807, 2.05) is 18.2 Å². The highest BCUT2D eigenvalue weighted by Crippen LogP contribution is 2.23. The van der Waals surface area contributed by atoms with Gasteiger partial charge in [0.05, 0.1) is 12.9 Å². The Morgan fingerprint density at radius 2 is 2.11 bits per heavy atom. The molecule has 0 spiro atoms. The average Bonchev–Trinajstić information content (AvgIpc) is 3.34. The molecule has 8 heteroatoms. The Balaban J connectivity index is 1.52. The van der Waals surface area contributed by atoms with Crippen molar-refractivity contribution >= 4 is 17.4 Å². The molecular formula is C19H18N4O3S. The number of para-hydroxylation sites is 1. The third kappa shape index (κ3) is 3.75. The van der Waals surface area contributed by atoms with Crippen molar-refractivity contribution in [3.63, 3.8) is 0 Å². The lowest BCUT2D eigenvalue weighted by atomic mass is 10.1. The maximum atomic E-state index is 11.7. The van der Waals surface area contributed by atoms with Gasteiger partial charge in [-0.05, 0) is 30.2 Å². The van der Waals surface area contributed by atoms with E-state index in [9.17, 15) is 4.79 Å². The number of aromatic amines is 1. The number of aromatic nitrogens is 4. The molecule has 0 saturated carbocycles. The highest BCUT2D eigenvalue weighted by atomic mass is 32.2. The van der Waals surface area contributed by atoms with Crippen molar-refractivity contribution in [2.75, 3.05) is 12.4 Å². The van der Waals surface area contributed by atoms with Crippen LogP contribution in [0.5, 0.6) is 5.75 Å². The van der Waals surface area contributed by atoms with Gasteiger partial charge in [-0.1, -0.05) is 36.9 Å². The minimum Gasteiger partial charge on any atom is -0.492 e. The van der Waals surface area contributed by atoms with Crippen molar-refractivity contribution in [2.24, 2.45) is 0 Å². The Hall–Kier alpha value is -3.00. The molecule has 0 amide bonds. The summed E-state index contributed by atoms with van der Waals surface area (Å²) < 4.78 is 12.9. The number of aryl methyl sites for hydroxylation is 1. The number of benzene rings is 1. The van der Waals surface area contributed by atoms with E-state index in [-0.39, 0.29) is 5.56 Å². The van der Waals surface area contributed by atoms with Gasteiger partial charge in [0, 0.05) is 11.8 Å². The second-order valence-corrected chi connectivity index (χ2v) is 6.84. The number of hydrogen-bond donors (Lipinski definition) is 1. The van der Waals surface area contributed by atoms with E-state index in [4.69, 9.17) is 9.15 Å². The molecule has 0 saturated heterocycles. The molecule has 0 radical (unpaired) electrons. The minimum atomic E-state index is -0.226. The van der Waals surface area contributed by atoms with E-state index in [1.165, 1.54) is 23.4 Å². The molecule has 7 nitrogen and oxygen atoms in total. The van der Waals surface area contributed by atoms with Crippen LogP contribution < -0.4 is 10.3 Å². The second-order valence-electron chi connectivity index (χ2n) is 5.78. The molecule has 0 bridgehead atoms. The molecule has 138 valence electrons. The lowest BCUT2D eigenvalue weighted by molar-refractivity contribution is 0.340. The molecule has 27 heavy (non-hydrogen) atoms. The summed E-state index contributed by atoms with van der Waals surface area (Å²) in [5, 5.41) is 3.35. The van der Waals surface area contributed by atoms with Crippen LogP contribution in [0.1, 0.15) is 12.5 Å². The third-order valence-electron chi connectivity index (χ3n) is 3.99. The smallest absolute Gasteiger partial charge is 0.266 e. The minimum absolute atomic E-state index is 0.226. The number of H-pyrrole nitrogens is 1. The summed E-state index contributed by atoms with van der Waals surface area (Å²) in [4.78, 5) is 20.6. The van der Waals surface area contributed by atoms with Gasteiger partial charge in [0.2, 0.25) is 0 Å². The van der Waals surface area contributed by atoms with Crippen LogP contribution in [0.3, 0.4) is 0 Å². The Morgan fingerprint density at radius 3 is 2.93 bits per heavy atom. The monoisotopic (exact) mass is 382 g/mol. The van der Waals surface area contributed by atoms with Crippen molar-refractivity contribution in [3.05, 3.63) is 64.6 Å². The van der Waals surface area contributed by atoms with Crippen molar-refractivity contribution in [2.45, 2.75) is 18.5 Å². The van der Waals surface area contributed by atoms with Gasteiger partial charge in [-0.2, -0.15) is 4.98 Å². The van der Waals surface area contributed by atoms with Crippen LogP contribution in [-0.4, -0.2) is 31.9 Å². The zero-order valence-electron chi connectivity index (χ0n) is 14.7. The van der Waals surface area contributed by atoms with E-state index in [0.29, 0.717) is 34.7 Å². The predicted molar refractivity (Wildman–Crippen MR) is 103 cm³/mol. The summed E-state index contributed by atoms with van der Waals surface area (Å²) in [6.45, 7) is 2.63. The highest BCUT2D eigenvalue weighted by Gasteiger charge is 2.13. The lowest BCUT2D eigenvalue weighted by Gasteiger charge is -2.10. The topological polar surface area (TPSA) is 85.4 Å². The number of thioether (sulfide) groups is 1. The van der Waals surface area contributed by atoms with E-state index >= 15 is 0 Å². The summed E-state index contributed by atoms with van der Waals surface area (Å²) in [5.41, 5.74) is 1.46. The summed E-state index contributed by atoms with van der Waals surface area (Å²) in [6, 6.07) is 13.0. The highest BCUT2D eigenvalue weighted by molar-refractivity contribution is 7.99. The van der Waals surface area contributed by atoms with Crippen molar-refractivity contribution in [1.82, 2.24) is 19.6 Å². The fourth-order valence-electron chi connectivity index (χ4n) is 2.72. The van der Waals surface area contributed by atoms with Crippen LogP contribution in [0.2, 0.25) is 0 Å². The van der Waals surface area contributed by atoms with Crippen LogP contribution in [0.4, 0.5) is 0 Å². The first-order chi connectivity index (χ1) is 13.2. The largest absolute Gasteiger partial charge is 0.492 e. The number of rotatable bonds is 7.